The second kappa shape index (κ2) is 9.24. The molecule has 0 bridgehead atoms. The number of aryl methyl sites for hydroxylation is 3. The number of amides is 1. The number of anilines is 1. The predicted octanol–water partition coefficient (Wildman–Crippen LogP) is 4.48. The van der Waals surface area contributed by atoms with Crippen molar-refractivity contribution in [1.29, 1.82) is 0 Å². The van der Waals surface area contributed by atoms with Crippen LogP contribution in [0.25, 0.3) is 0 Å². The largest absolute Gasteiger partial charge is 0.322 e. The quantitative estimate of drug-likeness (QED) is 0.589. The number of hydrogen-bond acceptors (Lipinski definition) is 3. The summed E-state index contributed by atoms with van der Waals surface area (Å²) in [5, 5.41) is 2.89. The van der Waals surface area contributed by atoms with E-state index in [9.17, 15) is 13.2 Å². The van der Waals surface area contributed by atoms with Gasteiger partial charge in [-0.15, -0.1) is 0 Å². The van der Waals surface area contributed by atoms with Gasteiger partial charge in [0.1, 0.15) is 0 Å². The SMILES string of the molecule is Cc1ccc(CS(=O)(=O)NCc2ccc(NC(=O)c3ccccc3)c(C)c2)cc1C. The third-order valence-corrected chi connectivity index (χ3v) is 6.30. The molecule has 3 rings (SSSR count). The zero-order chi connectivity index (χ0) is 21.7. The zero-order valence-corrected chi connectivity index (χ0v) is 18.2. The van der Waals surface area contributed by atoms with Gasteiger partial charge >= 0.3 is 0 Å². The van der Waals surface area contributed by atoms with E-state index in [2.05, 4.69) is 10.0 Å². The fourth-order valence-electron chi connectivity index (χ4n) is 3.12. The van der Waals surface area contributed by atoms with Gasteiger partial charge in [-0.1, -0.05) is 48.5 Å². The maximum absolute atomic E-state index is 12.5. The first-order chi connectivity index (χ1) is 14.2. The minimum absolute atomic E-state index is 0.0572. The standard InChI is InChI=1S/C24H26N2O3S/c1-17-9-10-21(13-18(17)2)16-30(28,29)25-15-20-11-12-23(19(3)14-20)26-24(27)22-7-5-4-6-8-22/h4-14,25H,15-16H2,1-3H3,(H,26,27). The fraction of sp³-hybridized carbons (Fsp3) is 0.208. The molecule has 30 heavy (non-hydrogen) atoms. The highest BCUT2D eigenvalue weighted by Crippen LogP contribution is 2.18. The molecule has 0 heterocycles. The van der Waals surface area contributed by atoms with Crippen LogP contribution in [-0.4, -0.2) is 14.3 Å². The van der Waals surface area contributed by atoms with Crippen molar-refractivity contribution in [2.24, 2.45) is 0 Å². The third-order valence-electron chi connectivity index (χ3n) is 5.00. The molecule has 0 unspecified atom stereocenters. The van der Waals surface area contributed by atoms with Crippen LogP contribution in [0.2, 0.25) is 0 Å². The minimum Gasteiger partial charge on any atom is -0.322 e. The maximum Gasteiger partial charge on any atom is 0.255 e. The molecule has 2 N–H and O–H groups in total. The van der Waals surface area contributed by atoms with Gasteiger partial charge in [0.15, 0.2) is 0 Å². The van der Waals surface area contributed by atoms with E-state index < -0.39 is 10.0 Å². The molecule has 0 atom stereocenters. The summed E-state index contributed by atoms with van der Waals surface area (Å²) in [6.45, 7) is 6.05. The van der Waals surface area contributed by atoms with E-state index in [0.29, 0.717) is 11.3 Å². The van der Waals surface area contributed by atoms with Gasteiger partial charge in [0.25, 0.3) is 5.91 Å². The van der Waals surface area contributed by atoms with E-state index in [-0.39, 0.29) is 18.2 Å². The predicted molar refractivity (Wildman–Crippen MR) is 121 cm³/mol. The lowest BCUT2D eigenvalue weighted by Gasteiger charge is -2.12. The minimum atomic E-state index is -3.46. The van der Waals surface area contributed by atoms with Gasteiger partial charge in [0.05, 0.1) is 5.75 Å². The van der Waals surface area contributed by atoms with Crippen LogP contribution in [0.4, 0.5) is 5.69 Å². The van der Waals surface area contributed by atoms with Gasteiger partial charge in [-0.2, -0.15) is 0 Å². The molecule has 5 nitrogen and oxygen atoms in total. The average molecular weight is 423 g/mol. The summed E-state index contributed by atoms with van der Waals surface area (Å²) >= 11 is 0. The molecule has 0 spiro atoms. The molecule has 1 amide bonds. The number of carbonyl (C=O) groups is 1. The first kappa shape index (κ1) is 21.7. The van der Waals surface area contributed by atoms with Crippen LogP contribution >= 0.6 is 0 Å². The molecule has 3 aromatic rings. The van der Waals surface area contributed by atoms with E-state index in [1.54, 1.807) is 18.2 Å². The van der Waals surface area contributed by atoms with Crippen LogP contribution < -0.4 is 10.0 Å². The van der Waals surface area contributed by atoms with Crippen molar-refractivity contribution < 1.29 is 13.2 Å². The van der Waals surface area contributed by atoms with Gasteiger partial charge in [-0.3, -0.25) is 4.79 Å². The van der Waals surface area contributed by atoms with Crippen LogP contribution in [0.5, 0.6) is 0 Å². The normalized spacial score (nSPS) is 11.3. The van der Waals surface area contributed by atoms with Crippen molar-refractivity contribution in [2.75, 3.05) is 5.32 Å². The lowest BCUT2D eigenvalue weighted by Crippen LogP contribution is -2.24. The summed E-state index contributed by atoms with van der Waals surface area (Å²) in [6, 6.07) is 20.2. The number of nitrogens with one attached hydrogen (secondary N) is 2. The smallest absolute Gasteiger partial charge is 0.255 e. The number of carbonyl (C=O) groups excluding carboxylic acids is 1. The number of sulfonamides is 1. The summed E-state index contributed by atoms with van der Waals surface area (Å²) < 4.78 is 27.6. The molecule has 3 aromatic carbocycles. The zero-order valence-electron chi connectivity index (χ0n) is 17.4. The first-order valence-corrected chi connectivity index (χ1v) is 11.4. The van der Waals surface area contributed by atoms with Gasteiger partial charge in [-0.05, 0) is 66.8 Å². The highest BCUT2D eigenvalue weighted by atomic mass is 32.2. The van der Waals surface area contributed by atoms with E-state index in [0.717, 1.165) is 27.8 Å². The van der Waals surface area contributed by atoms with Gasteiger partial charge in [0.2, 0.25) is 10.0 Å². The molecular formula is C24H26N2O3S. The van der Waals surface area contributed by atoms with E-state index in [1.807, 2.05) is 69.3 Å². The first-order valence-electron chi connectivity index (χ1n) is 9.73. The Kier molecular flexibility index (Phi) is 6.70. The van der Waals surface area contributed by atoms with Crippen molar-refractivity contribution in [3.8, 4) is 0 Å². The summed E-state index contributed by atoms with van der Waals surface area (Å²) in [5.41, 5.74) is 5.95. The summed E-state index contributed by atoms with van der Waals surface area (Å²) in [7, 11) is -3.46. The van der Waals surface area contributed by atoms with Crippen LogP contribution in [-0.2, 0) is 22.3 Å². The molecule has 0 radical (unpaired) electrons. The molecule has 0 aliphatic rings. The Bertz CT molecular complexity index is 1160. The van der Waals surface area contributed by atoms with E-state index >= 15 is 0 Å². The van der Waals surface area contributed by atoms with Gasteiger partial charge in [-0.25, -0.2) is 13.1 Å². The summed E-state index contributed by atoms with van der Waals surface area (Å²) in [5.74, 6) is -0.237. The molecule has 0 aliphatic heterocycles. The lowest BCUT2D eigenvalue weighted by atomic mass is 10.1. The molecule has 156 valence electrons. The molecule has 0 aliphatic carbocycles. The van der Waals surface area contributed by atoms with Crippen molar-refractivity contribution >= 4 is 21.6 Å². The number of hydrogen-bond donors (Lipinski definition) is 2. The monoisotopic (exact) mass is 422 g/mol. The Labute approximate surface area is 178 Å². The second-order valence-corrected chi connectivity index (χ2v) is 9.28. The average Bonchev–Trinajstić information content (AvgIpc) is 2.71. The fourth-order valence-corrected chi connectivity index (χ4v) is 4.22. The van der Waals surface area contributed by atoms with Gasteiger partial charge in [0, 0.05) is 17.8 Å². The van der Waals surface area contributed by atoms with E-state index in [4.69, 9.17) is 0 Å². The van der Waals surface area contributed by atoms with Crippen LogP contribution in [0, 0.1) is 20.8 Å². The Morgan fingerprint density at radius 1 is 0.800 bits per heavy atom. The molecule has 0 aromatic heterocycles. The van der Waals surface area contributed by atoms with Crippen LogP contribution in [0.1, 0.15) is 38.2 Å². The number of benzene rings is 3. The highest BCUT2D eigenvalue weighted by molar-refractivity contribution is 7.88. The number of rotatable bonds is 7. The Morgan fingerprint density at radius 2 is 1.47 bits per heavy atom. The van der Waals surface area contributed by atoms with E-state index in [1.165, 1.54) is 0 Å². The summed E-state index contributed by atoms with van der Waals surface area (Å²) in [6.07, 6.45) is 0. The third kappa shape index (κ3) is 5.78. The second-order valence-electron chi connectivity index (χ2n) is 7.47. The highest BCUT2D eigenvalue weighted by Gasteiger charge is 2.13. The molecule has 0 saturated carbocycles. The molecular weight excluding hydrogens is 396 g/mol. The van der Waals surface area contributed by atoms with Crippen molar-refractivity contribution in [3.05, 3.63) is 100 Å². The van der Waals surface area contributed by atoms with Crippen molar-refractivity contribution in [1.82, 2.24) is 4.72 Å². The lowest BCUT2D eigenvalue weighted by molar-refractivity contribution is 0.102. The summed E-state index contributed by atoms with van der Waals surface area (Å²) in [4.78, 5) is 12.3. The van der Waals surface area contributed by atoms with Crippen molar-refractivity contribution in [3.63, 3.8) is 0 Å². The Morgan fingerprint density at radius 3 is 2.13 bits per heavy atom. The molecule has 0 saturated heterocycles. The van der Waals surface area contributed by atoms with Crippen LogP contribution in [0.15, 0.2) is 66.7 Å². The Balaban J connectivity index is 1.62. The topological polar surface area (TPSA) is 75.3 Å². The Hall–Kier alpha value is -2.96. The van der Waals surface area contributed by atoms with Crippen LogP contribution in [0.3, 0.4) is 0 Å². The molecule has 0 fully saturated rings. The maximum atomic E-state index is 12.5. The molecule has 6 heteroatoms. The van der Waals surface area contributed by atoms with Gasteiger partial charge < -0.3 is 5.32 Å². The van der Waals surface area contributed by atoms with Crippen molar-refractivity contribution in [2.45, 2.75) is 33.1 Å².